The van der Waals surface area contributed by atoms with Gasteiger partial charge in [0.2, 0.25) is 0 Å². The van der Waals surface area contributed by atoms with Crippen LogP contribution in [-0.4, -0.2) is 62.6 Å². The zero-order chi connectivity index (χ0) is 37.0. The van der Waals surface area contributed by atoms with Crippen LogP contribution in [0.25, 0.3) is 0 Å². The van der Waals surface area contributed by atoms with Crippen LogP contribution in [0, 0.1) is 6.92 Å². The fourth-order valence-corrected chi connectivity index (χ4v) is 3.88. The van der Waals surface area contributed by atoms with Gasteiger partial charge in [0.25, 0.3) is 0 Å². The summed E-state index contributed by atoms with van der Waals surface area (Å²) in [6.07, 6.45) is 2.18. The lowest BCUT2D eigenvalue weighted by Gasteiger charge is -2.11. The molecular weight excluding hydrogens is 668 g/mol. The maximum absolute atomic E-state index is 12.7. The van der Waals surface area contributed by atoms with Crippen molar-refractivity contribution in [2.24, 2.45) is 0 Å². The summed E-state index contributed by atoms with van der Waals surface area (Å²) in [5.41, 5.74) is 0.877. The molecule has 0 aromatic heterocycles. The highest BCUT2D eigenvalue weighted by Gasteiger charge is 2.15. The van der Waals surface area contributed by atoms with Crippen molar-refractivity contribution in [1.29, 1.82) is 0 Å². The Morgan fingerprint density at radius 2 is 0.902 bits per heavy atom. The van der Waals surface area contributed by atoms with Crippen LogP contribution in [0.3, 0.4) is 0 Å². The molecule has 0 aliphatic rings. The van der Waals surface area contributed by atoms with E-state index in [1.807, 2.05) is 0 Å². The molecule has 0 saturated carbocycles. The number of unbranched alkanes of at least 4 members (excludes halogenated alkanes) is 2. The number of rotatable bonds is 18. The first-order valence-corrected chi connectivity index (χ1v) is 15.6. The van der Waals surface area contributed by atoms with Crippen molar-refractivity contribution in [3.63, 3.8) is 0 Å². The largest absolute Gasteiger partial charge is 0.513 e. The SMILES string of the molecule is C=CC(=O)OCCCCOC(=O)Oc1ccc(C(=O)Oc2ccc(OC(=O)c3ccc(OC(=O)OCCCCOC(=O)C=C)cc3)c(C)c2)cc1. The third kappa shape index (κ3) is 14.3. The lowest BCUT2D eigenvalue weighted by molar-refractivity contribution is -0.138. The summed E-state index contributed by atoms with van der Waals surface area (Å²) in [4.78, 5) is 71.1. The zero-order valence-corrected chi connectivity index (χ0v) is 27.8. The zero-order valence-electron chi connectivity index (χ0n) is 27.8. The van der Waals surface area contributed by atoms with Gasteiger partial charge in [-0.15, -0.1) is 0 Å². The molecule has 0 heterocycles. The highest BCUT2D eigenvalue weighted by atomic mass is 16.7. The monoisotopic (exact) mass is 704 g/mol. The topological polar surface area (TPSA) is 176 Å². The maximum Gasteiger partial charge on any atom is 0.513 e. The molecule has 3 aromatic rings. The number of carbonyl (C=O) groups excluding carboxylic acids is 6. The molecule has 14 nitrogen and oxygen atoms in total. The van der Waals surface area contributed by atoms with E-state index >= 15 is 0 Å². The Labute approximate surface area is 293 Å². The lowest BCUT2D eigenvalue weighted by atomic mass is 10.2. The fraction of sp³-hybridized carbons (Fsp3) is 0.243. The van der Waals surface area contributed by atoms with Gasteiger partial charge in [0.05, 0.1) is 37.6 Å². The normalized spacial score (nSPS) is 10.1. The van der Waals surface area contributed by atoms with Gasteiger partial charge in [0.15, 0.2) is 0 Å². The van der Waals surface area contributed by atoms with Crippen molar-refractivity contribution >= 4 is 36.2 Å². The minimum atomic E-state index is -0.927. The van der Waals surface area contributed by atoms with E-state index in [1.165, 1.54) is 66.7 Å². The maximum atomic E-state index is 12.7. The average Bonchev–Trinajstić information content (AvgIpc) is 3.12. The van der Waals surface area contributed by atoms with Crippen LogP contribution in [0.4, 0.5) is 9.59 Å². The number of carbonyl (C=O) groups is 6. The third-order valence-corrected chi connectivity index (χ3v) is 6.48. The second-order valence-corrected chi connectivity index (χ2v) is 10.3. The molecule has 0 saturated heterocycles. The van der Waals surface area contributed by atoms with Crippen molar-refractivity contribution in [3.05, 3.63) is 109 Å². The smallest absolute Gasteiger partial charge is 0.463 e. The first-order valence-electron chi connectivity index (χ1n) is 15.6. The van der Waals surface area contributed by atoms with Gasteiger partial charge in [0, 0.05) is 12.2 Å². The van der Waals surface area contributed by atoms with E-state index < -0.39 is 36.2 Å². The fourth-order valence-electron chi connectivity index (χ4n) is 3.88. The van der Waals surface area contributed by atoms with Crippen molar-refractivity contribution in [3.8, 4) is 23.0 Å². The molecule has 51 heavy (non-hydrogen) atoms. The Bertz CT molecular complexity index is 1690. The van der Waals surface area contributed by atoms with Gasteiger partial charge in [-0.05, 0) is 105 Å². The molecule has 0 fully saturated rings. The second-order valence-electron chi connectivity index (χ2n) is 10.3. The molecule has 14 heteroatoms. The Hall–Kier alpha value is -6.44. The minimum absolute atomic E-state index is 0.0665. The van der Waals surface area contributed by atoms with Gasteiger partial charge in [-0.1, -0.05) is 13.2 Å². The first kappa shape index (κ1) is 39.0. The van der Waals surface area contributed by atoms with Crippen LogP contribution >= 0.6 is 0 Å². The van der Waals surface area contributed by atoms with Crippen LogP contribution < -0.4 is 18.9 Å². The Kier molecular flexibility index (Phi) is 15.9. The Balaban J connectivity index is 1.40. The van der Waals surface area contributed by atoms with Crippen LogP contribution in [-0.2, 0) is 28.5 Å². The number of aryl methyl sites for hydroxylation is 1. The standard InChI is InChI=1S/C37H36O14/c1-4-32(38)44-20-6-8-22-46-36(42)49-28-14-10-26(11-15-28)34(40)48-30-18-19-31(25(3)24-30)51-35(41)27-12-16-29(17-13-27)50-37(43)47-23-9-7-21-45-33(39)5-2/h4-5,10-19,24H,1-2,6-9,20-23H2,3H3. The van der Waals surface area contributed by atoms with E-state index in [-0.39, 0.29) is 60.6 Å². The van der Waals surface area contributed by atoms with Crippen LogP contribution in [0.5, 0.6) is 23.0 Å². The number of esters is 4. The summed E-state index contributed by atoms with van der Waals surface area (Å²) in [5.74, 6) is -1.67. The molecule has 0 radical (unpaired) electrons. The van der Waals surface area contributed by atoms with Crippen LogP contribution in [0.15, 0.2) is 92.0 Å². The number of benzene rings is 3. The molecular formula is C37H36O14. The van der Waals surface area contributed by atoms with Crippen molar-refractivity contribution in [2.75, 3.05) is 26.4 Å². The summed E-state index contributed by atoms with van der Waals surface area (Å²) in [7, 11) is 0. The Morgan fingerprint density at radius 1 is 0.510 bits per heavy atom. The summed E-state index contributed by atoms with van der Waals surface area (Å²) in [6.45, 7) is 8.74. The van der Waals surface area contributed by atoms with Gasteiger partial charge >= 0.3 is 36.2 Å². The van der Waals surface area contributed by atoms with E-state index in [0.717, 1.165) is 12.2 Å². The van der Waals surface area contributed by atoms with Gasteiger partial charge in [-0.3, -0.25) is 0 Å². The van der Waals surface area contributed by atoms with Crippen LogP contribution in [0.2, 0.25) is 0 Å². The first-order chi connectivity index (χ1) is 24.6. The second kappa shape index (κ2) is 20.8. The average molecular weight is 705 g/mol. The van der Waals surface area contributed by atoms with E-state index in [9.17, 15) is 28.8 Å². The summed E-state index contributed by atoms with van der Waals surface area (Å²) in [6, 6.07) is 15.7. The minimum Gasteiger partial charge on any atom is -0.463 e. The van der Waals surface area contributed by atoms with Gasteiger partial charge in [0.1, 0.15) is 23.0 Å². The quantitative estimate of drug-likeness (QED) is 0.0351. The van der Waals surface area contributed by atoms with E-state index in [1.54, 1.807) is 6.92 Å². The highest BCUT2D eigenvalue weighted by molar-refractivity contribution is 5.92. The summed E-state index contributed by atoms with van der Waals surface area (Å²) in [5, 5.41) is 0. The van der Waals surface area contributed by atoms with Crippen molar-refractivity contribution in [2.45, 2.75) is 32.6 Å². The number of ether oxygens (including phenoxy) is 8. The summed E-state index contributed by atoms with van der Waals surface area (Å²) < 4.78 is 40.7. The molecule has 0 spiro atoms. The van der Waals surface area contributed by atoms with Gasteiger partial charge in [-0.25, -0.2) is 28.8 Å². The van der Waals surface area contributed by atoms with Crippen LogP contribution in [0.1, 0.15) is 52.0 Å². The van der Waals surface area contributed by atoms with Crippen molar-refractivity contribution < 1.29 is 66.7 Å². The molecule has 0 unspecified atom stereocenters. The number of hydrogen-bond donors (Lipinski definition) is 0. The summed E-state index contributed by atoms with van der Waals surface area (Å²) >= 11 is 0. The molecule has 0 bridgehead atoms. The van der Waals surface area contributed by atoms with Gasteiger partial charge < -0.3 is 37.9 Å². The van der Waals surface area contributed by atoms with E-state index in [0.29, 0.717) is 31.2 Å². The number of hydrogen-bond acceptors (Lipinski definition) is 14. The predicted octanol–water partition coefficient (Wildman–Crippen LogP) is 6.48. The highest BCUT2D eigenvalue weighted by Crippen LogP contribution is 2.26. The molecule has 3 rings (SSSR count). The third-order valence-electron chi connectivity index (χ3n) is 6.48. The molecule has 0 atom stereocenters. The molecule has 0 N–H and O–H groups in total. The van der Waals surface area contributed by atoms with E-state index in [4.69, 9.17) is 37.9 Å². The van der Waals surface area contributed by atoms with Gasteiger partial charge in [-0.2, -0.15) is 0 Å². The lowest BCUT2D eigenvalue weighted by Crippen LogP contribution is -2.13. The molecule has 0 aliphatic heterocycles. The predicted molar refractivity (Wildman–Crippen MR) is 179 cm³/mol. The van der Waals surface area contributed by atoms with E-state index in [2.05, 4.69) is 13.2 Å². The van der Waals surface area contributed by atoms with Crippen molar-refractivity contribution in [1.82, 2.24) is 0 Å². The Morgan fingerprint density at radius 3 is 1.31 bits per heavy atom. The molecule has 268 valence electrons. The molecule has 3 aromatic carbocycles. The molecule has 0 amide bonds. The molecule has 0 aliphatic carbocycles.